The first-order valence-corrected chi connectivity index (χ1v) is 8.40. The first-order valence-electron chi connectivity index (χ1n) is 8.40. The van der Waals surface area contributed by atoms with E-state index in [-0.39, 0.29) is 0 Å². The molecule has 6 nitrogen and oxygen atoms in total. The van der Waals surface area contributed by atoms with Crippen LogP contribution < -0.4 is 15.5 Å². The maximum Gasteiger partial charge on any atom is 0.133 e. The van der Waals surface area contributed by atoms with Crippen LogP contribution >= 0.6 is 0 Å². The molecule has 0 amide bonds. The Kier molecular flexibility index (Phi) is 3.96. The van der Waals surface area contributed by atoms with Gasteiger partial charge in [0.25, 0.3) is 0 Å². The number of hydrogen-bond acceptors (Lipinski definition) is 6. The van der Waals surface area contributed by atoms with E-state index < -0.39 is 0 Å². The molecule has 0 spiro atoms. The van der Waals surface area contributed by atoms with Crippen molar-refractivity contribution in [2.24, 2.45) is 0 Å². The van der Waals surface area contributed by atoms with E-state index in [2.05, 4.69) is 36.6 Å². The van der Waals surface area contributed by atoms with Crippen LogP contribution in [0.5, 0.6) is 0 Å². The lowest BCUT2D eigenvalue weighted by Gasteiger charge is -2.20. The summed E-state index contributed by atoms with van der Waals surface area (Å²) in [6.45, 7) is 2.93. The van der Waals surface area contributed by atoms with E-state index in [0.29, 0.717) is 6.04 Å². The smallest absolute Gasteiger partial charge is 0.133 e. The Hall–Kier alpha value is -2.37. The maximum absolute atomic E-state index is 4.58. The second-order valence-corrected chi connectivity index (χ2v) is 6.24. The quantitative estimate of drug-likeness (QED) is 0.855. The van der Waals surface area contributed by atoms with E-state index in [1.807, 2.05) is 18.3 Å². The molecule has 4 rings (SSSR count). The van der Waals surface area contributed by atoms with Crippen molar-refractivity contribution in [3.63, 3.8) is 0 Å². The van der Waals surface area contributed by atoms with Crippen molar-refractivity contribution >= 4 is 17.5 Å². The number of nitrogens with zero attached hydrogens (tertiary/aromatic N) is 4. The molecule has 1 saturated carbocycles. The molecule has 6 heteroatoms. The van der Waals surface area contributed by atoms with Crippen molar-refractivity contribution in [1.82, 2.24) is 15.0 Å². The predicted octanol–water partition coefficient (Wildman–Crippen LogP) is 2.66. The molecule has 120 valence electrons. The second-order valence-electron chi connectivity index (χ2n) is 6.24. The number of hydrogen-bond donors (Lipinski definition) is 2. The molecule has 0 radical (unpaired) electrons. The van der Waals surface area contributed by atoms with Crippen LogP contribution in [0.1, 0.15) is 31.2 Å². The fourth-order valence-corrected chi connectivity index (χ4v) is 2.94. The van der Waals surface area contributed by atoms with E-state index in [1.165, 1.54) is 31.2 Å². The average Bonchev–Trinajstić information content (AvgIpc) is 3.23. The minimum atomic E-state index is 0.595. The zero-order chi connectivity index (χ0) is 15.5. The number of anilines is 3. The minimum Gasteiger partial charge on any atom is -0.367 e. The zero-order valence-electron chi connectivity index (χ0n) is 13.2. The third-order valence-electron chi connectivity index (χ3n) is 4.33. The third-order valence-corrected chi connectivity index (χ3v) is 4.33. The van der Waals surface area contributed by atoms with Crippen molar-refractivity contribution in [3.05, 3.63) is 36.3 Å². The van der Waals surface area contributed by atoms with Crippen LogP contribution in [0.2, 0.25) is 0 Å². The zero-order valence-corrected chi connectivity index (χ0v) is 13.2. The lowest BCUT2D eigenvalue weighted by Crippen LogP contribution is -2.21. The molecule has 1 aliphatic carbocycles. The van der Waals surface area contributed by atoms with Crippen molar-refractivity contribution in [2.75, 3.05) is 28.6 Å². The molecule has 1 aliphatic heterocycles. The van der Waals surface area contributed by atoms with E-state index >= 15 is 0 Å². The fourth-order valence-electron chi connectivity index (χ4n) is 2.94. The van der Waals surface area contributed by atoms with E-state index in [0.717, 1.165) is 37.1 Å². The lowest BCUT2D eigenvalue weighted by atomic mass is 10.2. The number of pyridine rings is 1. The van der Waals surface area contributed by atoms with Gasteiger partial charge >= 0.3 is 0 Å². The highest BCUT2D eigenvalue weighted by Crippen LogP contribution is 2.25. The third kappa shape index (κ3) is 3.52. The van der Waals surface area contributed by atoms with Gasteiger partial charge in [0.15, 0.2) is 0 Å². The predicted molar refractivity (Wildman–Crippen MR) is 91.7 cm³/mol. The SMILES string of the molecule is c1cnc(N2CCCC2)c(CNc2cc(NC3CC3)ncn2)c1. The van der Waals surface area contributed by atoms with Gasteiger partial charge in [0, 0.05) is 43.5 Å². The summed E-state index contributed by atoms with van der Waals surface area (Å²) < 4.78 is 0. The molecule has 2 aromatic heterocycles. The van der Waals surface area contributed by atoms with E-state index in [9.17, 15) is 0 Å². The van der Waals surface area contributed by atoms with Gasteiger partial charge in [-0.1, -0.05) is 6.07 Å². The Morgan fingerprint density at radius 2 is 1.91 bits per heavy atom. The Bertz CT molecular complexity index is 664. The van der Waals surface area contributed by atoms with Gasteiger partial charge in [-0.15, -0.1) is 0 Å². The van der Waals surface area contributed by atoms with Crippen LogP contribution in [0.15, 0.2) is 30.7 Å². The standard InChI is InChI=1S/C17H22N6/c1-2-9-23(8-1)17-13(4-3-7-18-17)11-19-15-10-16(21-12-20-15)22-14-5-6-14/h3-4,7,10,12,14H,1-2,5-6,8-9,11H2,(H2,19,20,21,22). The van der Waals surface area contributed by atoms with Gasteiger partial charge in [0.05, 0.1) is 0 Å². The highest BCUT2D eigenvalue weighted by atomic mass is 15.2. The summed E-state index contributed by atoms with van der Waals surface area (Å²) in [6, 6.07) is 6.71. The van der Waals surface area contributed by atoms with Crippen LogP contribution in [-0.2, 0) is 6.54 Å². The number of nitrogens with one attached hydrogen (secondary N) is 2. The molecular formula is C17H22N6. The van der Waals surface area contributed by atoms with Gasteiger partial charge < -0.3 is 15.5 Å². The highest BCUT2D eigenvalue weighted by Gasteiger charge is 2.21. The first kappa shape index (κ1) is 14.2. The van der Waals surface area contributed by atoms with Crippen LogP contribution in [0.4, 0.5) is 17.5 Å². The summed E-state index contributed by atoms with van der Waals surface area (Å²) in [6.07, 6.45) is 8.47. The normalized spacial score (nSPS) is 17.3. The topological polar surface area (TPSA) is 66.0 Å². The largest absolute Gasteiger partial charge is 0.367 e. The first-order chi connectivity index (χ1) is 11.4. The Labute approximate surface area is 136 Å². The summed E-state index contributed by atoms with van der Waals surface area (Å²) in [7, 11) is 0. The summed E-state index contributed by atoms with van der Waals surface area (Å²) in [5.41, 5.74) is 1.21. The van der Waals surface area contributed by atoms with Gasteiger partial charge in [-0.2, -0.15) is 0 Å². The Balaban J connectivity index is 1.44. The number of aromatic nitrogens is 3. The van der Waals surface area contributed by atoms with Crippen molar-refractivity contribution in [2.45, 2.75) is 38.3 Å². The van der Waals surface area contributed by atoms with Crippen LogP contribution in [0.3, 0.4) is 0 Å². The molecule has 0 unspecified atom stereocenters. The summed E-state index contributed by atoms with van der Waals surface area (Å²) in [4.78, 5) is 15.5. The molecule has 0 bridgehead atoms. The molecule has 1 saturated heterocycles. The number of rotatable bonds is 6. The highest BCUT2D eigenvalue weighted by molar-refractivity contribution is 5.51. The maximum atomic E-state index is 4.58. The summed E-state index contributed by atoms with van der Waals surface area (Å²) in [5.74, 6) is 2.85. The van der Waals surface area contributed by atoms with E-state index in [4.69, 9.17) is 0 Å². The van der Waals surface area contributed by atoms with Crippen LogP contribution in [0, 0.1) is 0 Å². The molecular weight excluding hydrogens is 288 g/mol. The second kappa shape index (κ2) is 6.40. The van der Waals surface area contributed by atoms with Crippen LogP contribution in [-0.4, -0.2) is 34.1 Å². The van der Waals surface area contributed by atoms with Gasteiger partial charge in [-0.3, -0.25) is 0 Å². The van der Waals surface area contributed by atoms with E-state index in [1.54, 1.807) is 6.33 Å². The summed E-state index contributed by atoms with van der Waals surface area (Å²) >= 11 is 0. The van der Waals surface area contributed by atoms with Crippen LogP contribution in [0.25, 0.3) is 0 Å². The molecule has 0 aromatic carbocycles. The molecule has 2 aromatic rings. The molecule has 0 atom stereocenters. The summed E-state index contributed by atoms with van der Waals surface area (Å²) in [5, 5.41) is 6.80. The molecule has 2 N–H and O–H groups in total. The Morgan fingerprint density at radius 3 is 2.74 bits per heavy atom. The van der Waals surface area contributed by atoms with Crippen molar-refractivity contribution < 1.29 is 0 Å². The van der Waals surface area contributed by atoms with Crippen molar-refractivity contribution in [3.8, 4) is 0 Å². The molecule has 2 aliphatic rings. The molecule has 2 fully saturated rings. The van der Waals surface area contributed by atoms with Gasteiger partial charge in [0.2, 0.25) is 0 Å². The van der Waals surface area contributed by atoms with Crippen molar-refractivity contribution in [1.29, 1.82) is 0 Å². The molecule has 23 heavy (non-hydrogen) atoms. The van der Waals surface area contributed by atoms with Gasteiger partial charge in [0.1, 0.15) is 23.8 Å². The van der Waals surface area contributed by atoms with Gasteiger partial charge in [-0.05, 0) is 31.7 Å². The lowest BCUT2D eigenvalue weighted by molar-refractivity contribution is 0.914. The monoisotopic (exact) mass is 310 g/mol. The van der Waals surface area contributed by atoms with Gasteiger partial charge in [-0.25, -0.2) is 15.0 Å². The average molecular weight is 310 g/mol. The minimum absolute atomic E-state index is 0.595. The fraction of sp³-hybridized carbons (Fsp3) is 0.471. The molecule has 3 heterocycles. The Morgan fingerprint density at radius 1 is 1.09 bits per heavy atom.